The lowest BCUT2D eigenvalue weighted by Gasteiger charge is -2.09. The first-order chi connectivity index (χ1) is 13.9. The van der Waals surface area contributed by atoms with Crippen molar-refractivity contribution >= 4 is 45.5 Å². The van der Waals surface area contributed by atoms with Gasteiger partial charge in [0.2, 0.25) is 0 Å². The fourth-order valence-corrected chi connectivity index (χ4v) is 3.79. The second-order valence-electron chi connectivity index (χ2n) is 5.82. The van der Waals surface area contributed by atoms with E-state index < -0.39 is 16.8 Å². The van der Waals surface area contributed by atoms with E-state index in [0.29, 0.717) is 10.6 Å². The van der Waals surface area contributed by atoms with E-state index in [4.69, 9.17) is 16.3 Å². The molecule has 0 spiro atoms. The normalized spacial score (nSPS) is 10.4. The summed E-state index contributed by atoms with van der Waals surface area (Å²) in [4.78, 5) is 35.6. The van der Waals surface area contributed by atoms with E-state index in [-0.39, 0.29) is 28.4 Å². The molecule has 2 aromatic carbocycles. The van der Waals surface area contributed by atoms with Crippen LogP contribution in [0.4, 0.5) is 10.7 Å². The van der Waals surface area contributed by atoms with Crippen LogP contribution < -0.4 is 5.32 Å². The van der Waals surface area contributed by atoms with Gasteiger partial charge in [-0.15, -0.1) is 11.3 Å². The van der Waals surface area contributed by atoms with Gasteiger partial charge in [0.1, 0.15) is 15.6 Å². The maximum absolute atomic E-state index is 12.7. The molecule has 0 aliphatic heterocycles. The molecule has 0 saturated heterocycles. The van der Waals surface area contributed by atoms with E-state index in [1.165, 1.54) is 23.5 Å². The molecular weight excluding hydrogens is 416 g/mol. The number of thiophene rings is 1. The van der Waals surface area contributed by atoms with E-state index in [2.05, 4.69) is 5.32 Å². The van der Waals surface area contributed by atoms with Gasteiger partial charge in [-0.25, -0.2) is 4.79 Å². The summed E-state index contributed by atoms with van der Waals surface area (Å²) in [7, 11) is 0. The van der Waals surface area contributed by atoms with Crippen LogP contribution in [0.15, 0.2) is 53.9 Å². The van der Waals surface area contributed by atoms with Gasteiger partial charge in [-0.05, 0) is 24.6 Å². The summed E-state index contributed by atoms with van der Waals surface area (Å²) >= 11 is 6.97. The molecule has 1 aromatic heterocycles. The Balaban J connectivity index is 1.98. The Bertz CT molecular complexity index is 1080. The molecule has 0 bridgehead atoms. The Labute approximate surface area is 175 Å². The van der Waals surface area contributed by atoms with Crippen molar-refractivity contribution in [2.45, 2.75) is 6.92 Å². The molecule has 3 rings (SSSR count). The largest absolute Gasteiger partial charge is 0.462 e. The number of hydrogen-bond acceptors (Lipinski definition) is 6. The van der Waals surface area contributed by atoms with Crippen LogP contribution in [0, 0.1) is 10.1 Å². The SMILES string of the molecule is CCOC(=O)c1c(-c2ccccc2)csc1NC(=O)c1ccc(Cl)c([N+](=O)[O-])c1. The molecule has 1 heterocycles. The highest BCUT2D eigenvalue weighted by Gasteiger charge is 2.24. The second kappa shape index (κ2) is 8.85. The van der Waals surface area contributed by atoms with Crippen LogP contribution in [-0.4, -0.2) is 23.4 Å². The standard InChI is InChI=1S/C20H15ClN2O5S/c1-2-28-20(25)17-14(12-6-4-3-5-7-12)11-29-19(17)22-18(24)13-8-9-15(21)16(10-13)23(26)27/h3-11H,2H2,1H3,(H,22,24). The first-order valence-corrected chi connectivity index (χ1v) is 9.77. The Hall–Kier alpha value is -3.23. The monoisotopic (exact) mass is 430 g/mol. The van der Waals surface area contributed by atoms with Crippen LogP contribution in [0.5, 0.6) is 0 Å². The summed E-state index contributed by atoms with van der Waals surface area (Å²) in [6.45, 7) is 1.87. The number of nitrogens with one attached hydrogen (secondary N) is 1. The van der Waals surface area contributed by atoms with Crippen molar-refractivity contribution in [2.24, 2.45) is 0 Å². The maximum Gasteiger partial charge on any atom is 0.341 e. The molecule has 1 N–H and O–H groups in total. The van der Waals surface area contributed by atoms with E-state index in [9.17, 15) is 19.7 Å². The van der Waals surface area contributed by atoms with Crippen LogP contribution in [0.3, 0.4) is 0 Å². The molecule has 1 amide bonds. The fraction of sp³-hybridized carbons (Fsp3) is 0.100. The Morgan fingerprint density at radius 2 is 1.93 bits per heavy atom. The number of esters is 1. The molecule has 0 saturated carbocycles. The average molecular weight is 431 g/mol. The zero-order valence-electron chi connectivity index (χ0n) is 15.2. The van der Waals surface area contributed by atoms with Crippen LogP contribution >= 0.6 is 22.9 Å². The minimum Gasteiger partial charge on any atom is -0.462 e. The topological polar surface area (TPSA) is 98.5 Å². The molecule has 0 unspecified atom stereocenters. The number of benzene rings is 2. The molecule has 7 nitrogen and oxygen atoms in total. The molecule has 9 heteroatoms. The van der Waals surface area contributed by atoms with Crippen LogP contribution in [0.25, 0.3) is 11.1 Å². The number of anilines is 1. The van der Waals surface area contributed by atoms with Crippen molar-refractivity contribution in [1.82, 2.24) is 0 Å². The molecular formula is C20H15ClN2O5S. The van der Waals surface area contributed by atoms with Crippen molar-refractivity contribution in [2.75, 3.05) is 11.9 Å². The van der Waals surface area contributed by atoms with Gasteiger partial charge in [0.25, 0.3) is 11.6 Å². The highest BCUT2D eigenvalue weighted by Crippen LogP contribution is 2.36. The lowest BCUT2D eigenvalue weighted by molar-refractivity contribution is -0.384. The molecule has 29 heavy (non-hydrogen) atoms. The number of halogens is 1. The number of nitrogens with zero attached hydrogens (tertiary/aromatic N) is 1. The molecule has 0 radical (unpaired) electrons. The van der Waals surface area contributed by atoms with E-state index in [0.717, 1.165) is 11.6 Å². The van der Waals surface area contributed by atoms with E-state index in [1.54, 1.807) is 12.3 Å². The third kappa shape index (κ3) is 4.44. The van der Waals surface area contributed by atoms with Gasteiger partial charge in [0, 0.05) is 22.6 Å². The van der Waals surface area contributed by atoms with Crippen molar-refractivity contribution in [3.63, 3.8) is 0 Å². The highest BCUT2D eigenvalue weighted by molar-refractivity contribution is 7.15. The lowest BCUT2D eigenvalue weighted by atomic mass is 10.0. The minimum atomic E-state index is -0.665. The summed E-state index contributed by atoms with van der Waals surface area (Å²) in [5.74, 6) is -1.17. The van der Waals surface area contributed by atoms with Crippen LogP contribution in [-0.2, 0) is 4.74 Å². The van der Waals surface area contributed by atoms with Gasteiger partial charge in [-0.3, -0.25) is 14.9 Å². The summed E-state index contributed by atoms with van der Waals surface area (Å²) in [6.07, 6.45) is 0. The predicted octanol–water partition coefficient (Wildman–Crippen LogP) is 5.41. The number of amides is 1. The molecule has 0 aliphatic rings. The summed E-state index contributed by atoms with van der Waals surface area (Å²) in [5.41, 5.74) is 1.34. The molecule has 148 valence electrons. The Kier molecular flexibility index (Phi) is 6.26. The van der Waals surface area contributed by atoms with Crippen molar-refractivity contribution in [3.05, 3.63) is 80.2 Å². The van der Waals surface area contributed by atoms with Crippen molar-refractivity contribution in [1.29, 1.82) is 0 Å². The maximum atomic E-state index is 12.7. The quantitative estimate of drug-likeness (QED) is 0.320. The number of nitro groups is 1. The first kappa shape index (κ1) is 20.5. The number of carbonyl (C=O) groups is 2. The number of hydrogen-bond donors (Lipinski definition) is 1. The zero-order chi connectivity index (χ0) is 21.0. The van der Waals surface area contributed by atoms with E-state index >= 15 is 0 Å². The van der Waals surface area contributed by atoms with E-state index in [1.807, 2.05) is 30.3 Å². The average Bonchev–Trinajstić information content (AvgIpc) is 3.12. The highest BCUT2D eigenvalue weighted by atomic mass is 35.5. The summed E-state index contributed by atoms with van der Waals surface area (Å²) in [5, 5.41) is 15.7. The first-order valence-electron chi connectivity index (χ1n) is 8.51. The smallest absolute Gasteiger partial charge is 0.341 e. The number of carbonyl (C=O) groups excluding carboxylic acids is 2. The predicted molar refractivity (Wildman–Crippen MR) is 112 cm³/mol. The van der Waals surface area contributed by atoms with Gasteiger partial charge in [0.15, 0.2) is 0 Å². The zero-order valence-corrected chi connectivity index (χ0v) is 16.8. The third-order valence-electron chi connectivity index (χ3n) is 3.99. The second-order valence-corrected chi connectivity index (χ2v) is 7.10. The van der Waals surface area contributed by atoms with Gasteiger partial charge < -0.3 is 10.1 Å². The van der Waals surface area contributed by atoms with Gasteiger partial charge in [-0.1, -0.05) is 41.9 Å². The van der Waals surface area contributed by atoms with Gasteiger partial charge in [-0.2, -0.15) is 0 Å². The minimum absolute atomic E-state index is 0.0468. The lowest BCUT2D eigenvalue weighted by Crippen LogP contribution is -2.15. The molecule has 3 aromatic rings. The Morgan fingerprint density at radius 1 is 1.21 bits per heavy atom. The van der Waals surface area contributed by atoms with Crippen LogP contribution in [0.2, 0.25) is 5.02 Å². The molecule has 0 fully saturated rings. The number of ether oxygens (including phenoxy) is 1. The van der Waals surface area contributed by atoms with Crippen LogP contribution in [0.1, 0.15) is 27.6 Å². The van der Waals surface area contributed by atoms with Gasteiger partial charge in [0.05, 0.1) is 11.5 Å². The molecule has 0 aliphatic carbocycles. The number of rotatable bonds is 6. The Morgan fingerprint density at radius 3 is 2.59 bits per heavy atom. The van der Waals surface area contributed by atoms with Crippen molar-refractivity contribution < 1.29 is 19.2 Å². The fourth-order valence-electron chi connectivity index (χ4n) is 2.66. The molecule has 0 atom stereocenters. The third-order valence-corrected chi connectivity index (χ3v) is 5.20. The summed E-state index contributed by atoms with van der Waals surface area (Å²) in [6, 6.07) is 13.0. The van der Waals surface area contributed by atoms with Crippen molar-refractivity contribution in [3.8, 4) is 11.1 Å². The summed E-state index contributed by atoms with van der Waals surface area (Å²) < 4.78 is 5.15. The number of nitro benzene ring substituents is 1. The van der Waals surface area contributed by atoms with Gasteiger partial charge >= 0.3 is 5.97 Å².